The normalized spacial score (nSPS) is 20.1. The van der Waals surface area contributed by atoms with Crippen LogP contribution in [0.5, 0.6) is 0 Å². The summed E-state index contributed by atoms with van der Waals surface area (Å²) in [6.45, 7) is 5.45. The van der Waals surface area contributed by atoms with Crippen molar-refractivity contribution < 1.29 is 4.79 Å². The zero-order valence-electron chi connectivity index (χ0n) is 19.2. The standard InChI is InChI=1S/C26H26N4O2S2/c1-17-9-11-19(12-10-17)16-30-25(32)21(34-26(30)33)15-20-23(28-13-5-3-7-18(28)2)27-22-8-4-6-14-29(22)24(20)31/h4,6,8-12,14-15,18H,3,5,7,13,16H2,1-2H3. The minimum absolute atomic E-state index is 0.175. The Morgan fingerprint density at radius 1 is 1.15 bits per heavy atom. The number of rotatable bonds is 4. The number of carbonyl (C=O) groups is 1. The van der Waals surface area contributed by atoms with Crippen molar-refractivity contribution in [1.82, 2.24) is 14.3 Å². The number of pyridine rings is 1. The van der Waals surface area contributed by atoms with Gasteiger partial charge in [0, 0.05) is 18.8 Å². The highest BCUT2D eigenvalue weighted by atomic mass is 32.2. The van der Waals surface area contributed by atoms with Crippen molar-refractivity contribution in [2.24, 2.45) is 0 Å². The van der Waals surface area contributed by atoms with Gasteiger partial charge in [-0.1, -0.05) is 59.9 Å². The number of anilines is 1. The molecule has 0 saturated carbocycles. The van der Waals surface area contributed by atoms with Crippen molar-refractivity contribution in [3.63, 3.8) is 0 Å². The molecule has 2 fully saturated rings. The number of aryl methyl sites for hydroxylation is 1. The molecule has 0 radical (unpaired) electrons. The van der Waals surface area contributed by atoms with Gasteiger partial charge in [-0.25, -0.2) is 4.98 Å². The van der Waals surface area contributed by atoms with Gasteiger partial charge in [-0.2, -0.15) is 0 Å². The highest BCUT2D eigenvalue weighted by Crippen LogP contribution is 2.35. The molecule has 3 aromatic rings. The number of amides is 1. The highest BCUT2D eigenvalue weighted by Gasteiger charge is 2.33. The maximum Gasteiger partial charge on any atom is 0.267 e. The second-order valence-electron chi connectivity index (χ2n) is 8.87. The predicted molar refractivity (Wildman–Crippen MR) is 142 cm³/mol. The zero-order chi connectivity index (χ0) is 23.8. The molecule has 4 heterocycles. The van der Waals surface area contributed by atoms with Crippen molar-refractivity contribution in [1.29, 1.82) is 0 Å². The van der Waals surface area contributed by atoms with Gasteiger partial charge in [0.1, 0.15) is 15.8 Å². The summed E-state index contributed by atoms with van der Waals surface area (Å²) in [4.78, 5) is 36.0. The third kappa shape index (κ3) is 4.28. The third-order valence-corrected chi connectivity index (χ3v) is 7.81. The fourth-order valence-corrected chi connectivity index (χ4v) is 5.73. The van der Waals surface area contributed by atoms with Crippen LogP contribution in [0.3, 0.4) is 0 Å². The van der Waals surface area contributed by atoms with Crippen LogP contribution in [0, 0.1) is 6.92 Å². The number of thioether (sulfide) groups is 1. The monoisotopic (exact) mass is 490 g/mol. The molecule has 34 heavy (non-hydrogen) atoms. The minimum Gasteiger partial charge on any atom is -0.353 e. The molecule has 1 amide bonds. The van der Waals surface area contributed by atoms with Crippen molar-refractivity contribution in [2.45, 2.75) is 45.7 Å². The number of carbonyl (C=O) groups excluding carboxylic acids is 1. The molecule has 8 heteroatoms. The van der Waals surface area contributed by atoms with Crippen LogP contribution >= 0.6 is 24.0 Å². The summed E-state index contributed by atoms with van der Waals surface area (Å²) in [5.74, 6) is 0.470. The molecule has 0 aliphatic carbocycles. The van der Waals surface area contributed by atoms with E-state index < -0.39 is 0 Å². The summed E-state index contributed by atoms with van der Waals surface area (Å²) < 4.78 is 2.04. The third-order valence-electron chi connectivity index (χ3n) is 6.43. The fourth-order valence-electron chi connectivity index (χ4n) is 4.49. The molecule has 2 saturated heterocycles. The molecule has 6 nitrogen and oxygen atoms in total. The first kappa shape index (κ1) is 22.8. The zero-order valence-corrected chi connectivity index (χ0v) is 20.9. The van der Waals surface area contributed by atoms with E-state index in [0.717, 1.165) is 36.9 Å². The van der Waals surface area contributed by atoms with Gasteiger partial charge in [-0.3, -0.25) is 18.9 Å². The van der Waals surface area contributed by atoms with Gasteiger partial charge in [0.15, 0.2) is 0 Å². The van der Waals surface area contributed by atoms with Crippen molar-refractivity contribution in [3.05, 3.63) is 80.6 Å². The van der Waals surface area contributed by atoms with E-state index >= 15 is 0 Å². The van der Waals surface area contributed by atoms with Crippen LogP contribution in [0.4, 0.5) is 5.82 Å². The second kappa shape index (κ2) is 9.35. The number of piperidine rings is 1. The number of hydrogen-bond donors (Lipinski definition) is 0. The van der Waals surface area contributed by atoms with Gasteiger partial charge >= 0.3 is 0 Å². The molecule has 0 spiro atoms. The topological polar surface area (TPSA) is 57.9 Å². The lowest BCUT2D eigenvalue weighted by Crippen LogP contribution is -2.40. The van der Waals surface area contributed by atoms with E-state index in [1.807, 2.05) is 49.4 Å². The summed E-state index contributed by atoms with van der Waals surface area (Å²) in [5.41, 5.74) is 3.04. The summed E-state index contributed by atoms with van der Waals surface area (Å²) in [5, 5.41) is 0. The van der Waals surface area contributed by atoms with Gasteiger partial charge in [-0.15, -0.1) is 0 Å². The maximum absolute atomic E-state index is 13.6. The fraction of sp³-hybridized carbons (Fsp3) is 0.308. The summed E-state index contributed by atoms with van der Waals surface area (Å²) in [7, 11) is 0. The molecular formula is C26H26N4O2S2. The average Bonchev–Trinajstić information content (AvgIpc) is 3.10. The number of nitrogens with zero attached hydrogens (tertiary/aromatic N) is 4. The maximum atomic E-state index is 13.6. The Labute approximate surface area is 208 Å². The predicted octanol–water partition coefficient (Wildman–Crippen LogP) is 4.78. The van der Waals surface area contributed by atoms with E-state index in [1.54, 1.807) is 17.2 Å². The van der Waals surface area contributed by atoms with Gasteiger partial charge < -0.3 is 4.90 Å². The average molecular weight is 491 g/mol. The largest absolute Gasteiger partial charge is 0.353 e. The molecule has 1 atom stereocenters. The van der Waals surface area contributed by atoms with Gasteiger partial charge in [0.25, 0.3) is 11.5 Å². The van der Waals surface area contributed by atoms with Crippen LogP contribution in [0.25, 0.3) is 11.7 Å². The van der Waals surface area contributed by atoms with E-state index in [4.69, 9.17) is 17.2 Å². The molecule has 1 unspecified atom stereocenters. The number of fused-ring (bicyclic) bond motifs is 1. The van der Waals surface area contributed by atoms with Crippen LogP contribution in [0.2, 0.25) is 0 Å². The van der Waals surface area contributed by atoms with E-state index in [9.17, 15) is 9.59 Å². The Morgan fingerprint density at radius 3 is 2.71 bits per heavy atom. The van der Waals surface area contributed by atoms with E-state index in [-0.39, 0.29) is 17.5 Å². The van der Waals surface area contributed by atoms with E-state index in [0.29, 0.717) is 32.8 Å². The lowest BCUT2D eigenvalue weighted by atomic mass is 10.0. The van der Waals surface area contributed by atoms with Crippen LogP contribution in [-0.4, -0.2) is 37.1 Å². The van der Waals surface area contributed by atoms with Crippen LogP contribution in [0.1, 0.15) is 42.9 Å². The Kier molecular flexibility index (Phi) is 6.27. The van der Waals surface area contributed by atoms with Gasteiger partial charge in [-0.05, 0) is 56.9 Å². The number of thiocarbonyl (C=S) groups is 1. The smallest absolute Gasteiger partial charge is 0.267 e. The van der Waals surface area contributed by atoms with Crippen molar-refractivity contribution >= 4 is 51.7 Å². The number of hydrogen-bond acceptors (Lipinski definition) is 6. The van der Waals surface area contributed by atoms with Crippen LogP contribution in [0.15, 0.2) is 58.4 Å². The summed E-state index contributed by atoms with van der Waals surface area (Å²) >= 11 is 6.78. The Bertz CT molecular complexity index is 1360. The molecule has 174 valence electrons. The van der Waals surface area contributed by atoms with E-state index in [2.05, 4.69) is 11.8 Å². The van der Waals surface area contributed by atoms with Crippen molar-refractivity contribution in [2.75, 3.05) is 11.4 Å². The summed E-state index contributed by atoms with van der Waals surface area (Å²) in [6, 6.07) is 13.9. The molecule has 2 aliphatic rings. The molecule has 0 N–H and O–H groups in total. The SMILES string of the molecule is Cc1ccc(CN2C(=O)C(=Cc3c(N4CCCCC4C)nc4ccccn4c3=O)SC2=S)cc1. The molecular weight excluding hydrogens is 464 g/mol. The highest BCUT2D eigenvalue weighted by molar-refractivity contribution is 8.26. The van der Waals surface area contributed by atoms with E-state index in [1.165, 1.54) is 16.2 Å². The summed E-state index contributed by atoms with van der Waals surface area (Å²) in [6.07, 6.45) is 6.68. The molecule has 2 aliphatic heterocycles. The Morgan fingerprint density at radius 2 is 1.94 bits per heavy atom. The lowest BCUT2D eigenvalue weighted by molar-refractivity contribution is -0.122. The first-order valence-electron chi connectivity index (χ1n) is 11.5. The quantitative estimate of drug-likeness (QED) is 0.387. The number of aromatic nitrogens is 2. The first-order valence-corrected chi connectivity index (χ1v) is 12.7. The Hall–Kier alpha value is -2.97. The molecule has 1 aromatic carbocycles. The molecule has 5 rings (SSSR count). The van der Waals surface area contributed by atoms with Gasteiger partial charge in [0.2, 0.25) is 0 Å². The number of benzene rings is 1. The van der Waals surface area contributed by atoms with Crippen LogP contribution < -0.4 is 10.5 Å². The van der Waals surface area contributed by atoms with Crippen molar-refractivity contribution in [3.8, 4) is 0 Å². The second-order valence-corrected chi connectivity index (χ2v) is 10.6. The molecule has 2 aromatic heterocycles. The molecule has 0 bridgehead atoms. The Balaban J connectivity index is 1.56. The lowest BCUT2D eigenvalue weighted by Gasteiger charge is -2.35. The first-order chi connectivity index (χ1) is 16.4. The van der Waals surface area contributed by atoms with Crippen LogP contribution in [-0.2, 0) is 11.3 Å². The minimum atomic E-state index is -0.179. The van der Waals surface area contributed by atoms with Gasteiger partial charge in [0.05, 0.1) is 17.0 Å².